The van der Waals surface area contributed by atoms with Crippen LogP contribution in [-0.2, 0) is 16.1 Å². The Hall–Kier alpha value is -1.89. The van der Waals surface area contributed by atoms with Crippen molar-refractivity contribution in [3.8, 4) is 11.5 Å². The smallest absolute Gasteiger partial charge is 0.246 e. The number of ether oxygens (including phenoxy) is 2. The van der Waals surface area contributed by atoms with E-state index < -0.39 is 5.54 Å². The van der Waals surface area contributed by atoms with Gasteiger partial charge in [-0.25, -0.2) is 0 Å². The summed E-state index contributed by atoms with van der Waals surface area (Å²) in [5.74, 6) is 2.09. The quantitative estimate of drug-likeness (QED) is 0.835. The summed E-state index contributed by atoms with van der Waals surface area (Å²) in [4.78, 5) is 27.0. The fourth-order valence-corrected chi connectivity index (χ4v) is 3.93. The van der Waals surface area contributed by atoms with E-state index in [1.807, 2.05) is 32.9 Å². The molecule has 1 aliphatic heterocycles. The predicted octanol–water partition coefficient (Wildman–Crippen LogP) is 2.06. The van der Waals surface area contributed by atoms with Gasteiger partial charge in [0, 0.05) is 17.4 Å². The number of carbonyl (C=O) groups excluding carboxylic acids is 2. The molecule has 1 atom stereocenters. The first-order chi connectivity index (χ1) is 11.8. The molecule has 2 rings (SSSR count). The van der Waals surface area contributed by atoms with Gasteiger partial charge in [-0.15, -0.1) is 11.8 Å². The zero-order valence-corrected chi connectivity index (χ0v) is 16.2. The fourth-order valence-electron chi connectivity index (χ4n) is 2.81. The highest BCUT2D eigenvalue weighted by Gasteiger charge is 2.45. The van der Waals surface area contributed by atoms with E-state index in [4.69, 9.17) is 9.47 Å². The number of hydrogen-bond acceptors (Lipinski definition) is 5. The number of benzene rings is 1. The molecule has 138 valence electrons. The minimum absolute atomic E-state index is 0.0135. The summed E-state index contributed by atoms with van der Waals surface area (Å²) in [6, 6.07) is 5.47. The molecular formula is C18H26N2O4S. The van der Waals surface area contributed by atoms with Crippen LogP contribution in [0.1, 0.15) is 26.3 Å². The molecule has 0 bridgehead atoms. The summed E-state index contributed by atoms with van der Waals surface area (Å²) in [5, 5.41) is 2.94. The van der Waals surface area contributed by atoms with Crippen LogP contribution >= 0.6 is 11.8 Å². The van der Waals surface area contributed by atoms with Crippen LogP contribution in [0.5, 0.6) is 11.5 Å². The second-order valence-electron chi connectivity index (χ2n) is 6.55. The monoisotopic (exact) mass is 366 g/mol. The molecular weight excluding hydrogens is 340 g/mol. The molecule has 0 saturated carbocycles. The molecule has 25 heavy (non-hydrogen) atoms. The molecule has 1 heterocycles. The molecule has 7 heteroatoms. The summed E-state index contributed by atoms with van der Waals surface area (Å²) in [7, 11) is 3.18. The predicted molar refractivity (Wildman–Crippen MR) is 99.1 cm³/mol. The maximum atomic E-state index is 12.8. The maximum absolute atomic E-state index is 12.8. The van der Waals surface area contributed by atoms with Gasteiger partial charge in [-0.2, -0.15) is 0 Å². The van der Waals surface area contributed by atoms with Crippen molar-refractivity contribution >= 4 is 23.6 Å². The summed E-state index contributed by atoms with van der Waals surface area (Å²) >= 11 is 1.49. The molecule has 1 fully saturated rings. The highest BCUT2D eigenvalue weighted by atomic mass is 32.2. The van der Waals surface area contributed by atoms with E-state index in [2.05, 4.69) is 5.32 Å². The third kappa shape index (κ3) is 4.21. The molecule has 1 aromatic carbocycles. The highest BCUT2D eigenvalue weighted by Crippen LogP contribution is 2.33. The van der Waals surface area contributed by atoms with Crippen LogP contribution < -0.4 is 14.8 Å². The minimum atomic E-state index is -0.904. The largest absolute Gasteiger partial charge is 0.497 e. The fraction of sp³-hybridized carbons (Fsp3) is 0.556. The van der Waals surface area contributed by atoms with E-state index >= 15 is 0 Å². The van der Waals surface area contributed by atoms with Gasteiger partial charge in [-0.1, -0.05) is 0 Å². The van der Waals surface area contributed by atoms with E-state index in [0.29, 0.717) is 29.5 Å². The minimum Gasteiger partial charge on any atom is -0.497 e. The van der Waals surface area contributed by atoms with Gasteiger partial charge in [0.2, 0.25) is 11.8 Å². The van der Waals surface area contributed by atoms with Crippen LogP contribution in [0.15, 0.2) is 18.2 Å². The number of rotatable bonds is 6. The Morgan fingerprint density at radius 2 is 2.08 bits per heavy atom. The molecule has 1 aromatic rings. The molecule has 0 spiro atoms. The molecule has 2 amide bonds. The topological polar surface area (TPSA) is 67.9 Å². The number of nitrogens with zero attached hydrogens (tertiary/aromatic N) is 1. The summed E-state index contributed by atoms with van der Waals surface area (Å²) in [6.07, 6.45) is 0. The van der Waals surface area contributed by atoms with Gasteiger partial charge in [-0.05, 0) is 39.0 Å². The molecule has 0 aliphatic carbocycles. The zero-order valence-electron chi connectivity index (χ0n) is 15.4. The Labute approximate surface area is 153 Å². The first-order valence-electron chi connectivity index (χ1n) is 8.22. The van der Waals surface area contributed by atoms with Gasteiger partial charge < -0.3 is 19.7 Å². The average molecular weight is 366 g/mol. The first-order valence-corrected chi connectivity index (χ1v) is 9.37. The van der Waals surface area contributed by atoms with Crippen LogP contribution in [0, 0.1) is 0 Å². The molecule has 0 radical (unpaired) electrons. The van der Waals surface area contributed by atoms with E-state index in [0.717, 1.165) is 5.56 Å². The molecule has 1 N–H and O–H groups in total. The van der Waals surface area contributed by atoms with E-state index in [-0.39, 0.29) is 17.9 Å². The van der Waals surface area contributed by atoms with E-state index in [9.17, 15) is 9.59 Å². The average Bonchev–Trinajstić information content (AvgIpc) is 2.57. The van der Waals surface area contributed by atoms with Crippen LogP contribution in [0.4, 0.5) is 0 Å². The summed E-state index contributed by atoms with van der Waals surface area (Å²) in [6.45, 7) is 5.94. The molecule has 1 aliphatic rings. The van der Waals surface area contributed by atoms with Crippen LogP contribution in [0.2, 0.25) is 0 Å². The second-order valence-corrected chi connectivity index (χ2v) is 7.54. The van der Waals surface area contributed by atoms with Gasteiger partial charge >= 0.3 is 0 Å². The standard InChI is InChI=1S/C18H26N2O4S/c1-12(2)19-17(22)18(3)11-25-10-16(21)20(18)9-13-8-14(23-4)6-7-15(13)24-5/h6-8,12H,9-11H2,1-5H3,(H,19,22). The Morgan fingerprint density at radius 3 is 2.68 bits per heavy atom. The van der Waals surface area contributed by atoms with Crippen molar-refractivity contribution in [2.45, 2.75) is 38.9 Å². The SMILES string of the molecule is COc1ccc(OC)c(CN2C(=O)CSCC2(C)C(=O)NC(C)C)c1. The number of carbonyl (C=O) groups is 2. The van der Waals surface area contributed by atoms with Crippen molar-refractivity contribution in [2.24, 2.45) is 0 Å². The number of amides is 2. The Morgan fingerprint density at radius 1 is 1.36 bits per heavy atom. The lowest BCUT2D eigenvalue weighted by atomic mass is 9.98. The van der Waals surface area contributed by atoms with Crippen molar-refractivity contribution in [1.29, 1.82) is 0 Å². The summed E-state index contributed by atoms with van der Waals surface area (Å²) in [5.41, 5.74) is -0.0936. The van der Waals surface area contributed by atoms with E-state index in [1.165, 1.54) is 11.8 Å². The van der Waals surface area contributed by atoms with E-state index in [1.54, 1.807) is 25.2 Å². The van der Waals surface area contributed by atoms with Gasteiger partial charge in [0.15, 0.2) is 0 Å². The third-order valence-corrected chi connectivity index (χ3v) is 5.45. The van der Waals surface area contributed by atoms with Crippen LogP contribution in [0.3, 0.4) is 0 Å². The van der Waals surface area contributed by atoms with Crippen molar-refractivity contribution in [3.63, 3.8) is 0 Å². The van der Waals surface area contributed by atoms with Gasteiger partial charge in [0.1, 0.15) is 17.0 Å². The number of nitrogens with one attached hydrogen (secondary N) is 1. The first kappa shape index (κ1) is 19.4. The van der Waals surface area contributed by atoms with Crippen molar-refractivity contribution in [1.82, 2.24) is 10.2 Å². The lowest BCUT2D eigenvalue weighted by Gasteiger charge is -2.43. The van der Waals surface area contributed by atoms with Crippen molar-refractivity contribution in [2.75, 3.05) is 25.7 Å². The van der Waals surface area contributed by atoms with Gasteiger partial charge in [0.05, 0.1) is 26.5 Å². The number of methoxy groups -OCH3 is 2. The molecule has 0 aromatic heterocycles. The van der Waals surface area contributed by atoms with Gasteiger partial charge in [0.25, 0.3) is 0 Å². The Balaban J connectivity index is 2.36. The summed E-state index contributed by atoms with van der Waals surface area (Å²) < 4.78 is 10.7. The molecule has 1 unspecified atom stereocenters. The lowest BCUT2D eigenvalue weighted by molar-refractivity contribution is -0.145. The molecule has 1 saturated heterocycles. The van der Waals surface area contributed by atoms with Gasteiger partial charge in [-0.3, -0.25) is 9.59 Å². The van der Waals surface area contributed by atoms with Crippen molar-refractivity contribution in [3.05, 3.63) is 23.8 Å². The normalized spacial score (nSPS) is 20.6. The Kier molecular flexibility index (Phi) is 6.21. The zero-order chi connectivity index (χ0) is 18.6. The number of thioether (sulfide) groups is 1. The molecule has 6 nitrogen and oxygen atoms in total. The lowest BCUT2D eigenvalue weighted by Crippen LogP contribution is -2.63. The van der Waals surface area contributed by atoms with Crippen LogP contribution in [0.25, 0.3) is 0 Å². The maximum Gasteiger partial charge on any atom is 0.246 e. The van der Waals surface area contributed by atoms with Crippen LogP contribution in [-0.4, -0.2) is 54.0 Å². The third-order valence-electron chi connectivity index (χ3n) is 4.23. The Bertz CT molecular complexity index is 650. The second kappa shape index (κ2) is 7.99. The van der Waals surface area contributed by atoms with Crippen molar-refractivity contribution < 1.29 is 19.1 Å². The highest BCUT2D eigenvalue weighted by molar-refractivity contribution is 8.00. The number of hydrogen-bond donors (Lipinski definition) is 1.